The Morgan fingerprint density at radius 3 is 2.69 bits per heavy atom. The van der Waals surface area contributed by atoms with Crippen molar-refractivity contribution in [2.24, 2.45) is 5.92 Å². The minimum Gasteiger partial charge on any atom is -0.493 e. The number of urea groups is 1. The summed E-state index contributed by atoms with van der Waals surface area (Å²) in [6.07, 6.45) is 2.62. The molecule has 4 aliphatic rings. The molecule has 0 aromatic heterocycles. The van der Waals surface area contributed by atoms with Gasteiger partial charge in [-0.2, -0.15) is 0 Å². The lowest BCUT2D eigenvalue weighted by atomic mass is 9.87. The van der Waals surface area contributed by atoms with Gasteiger partial charge in [0.2, 0.25) is 11.5 Å². The molecule has 1 unspecified atom stereocenters. The van der Waals surface area contributed by atoms with E-state index in [0.717, 1.165) is 28.9 Å². The van der Waals surface area contributed by atoms with Crippen LogP contribution < -0.4 is 15.4 Å². The molecule has 2 aromatic carbocycles. The maximum Gasteiger partial charge on any atom is 0.418 e. The quantitative estimate of drug-likeness (QED) is 0.620. The summed E-state index contributed by atoms with van der Waals surface area (Å²) in [5.41, 5.74) is 0.970. The Kier molecular flexibility index (Phi) is 6.16. The number of imide groups is 1. The summed E-state index contributed by atoms with van der Waals surface area (Å²) in [6, 6.07) is 8.92. The zero-order valence-corrected chi connectivity index (χ0v) is 21.5. The third kappa shape index (κ3) is 4.45. The summed E-state index contributed by atoms with van der Waals surface area (Å²) < 4.78 is 25.3. The molecule has 1 spiro atoms. The van der Waals surface area contributed by atoms with E-state index >= 15 is 0 Å². The molecule has 1 saturated heterocycles. The van der Waals surface area contributed by atoms with Crippen molar-refractivity contribution in [1.82, 2.24) is 15.1 Å². The molecule has 2 aromatic rings. The molecule has 0 radical (unpaired) electrons. The van der Waals surface area contributed by atoms with Crippen molar-refractivity contribution in [1.29, 1.82) is 0 Å². The molecule has 5 amide bonds. The van der Waals surface area contributed by atoms with Gasteiger partial charge >= 0.3 is 12.1 Å². The number of ether oxygens (including phenoxy) is 2. The summed E-state index contributed by atoms with van der Waals surface area (Å²) in [5, 5.41) is 5.10. The number of anilines is 1. The Balaban J connectivity index is 1.24. The zero-order valence-electron chi connectivity index (χ0n) is 21.5. The molecular formula is C28H29FN4O6. The van der Waals surface area contributed by atoms with E-state index in [1.165, 1.54) is 19.2 Å². The van der Waals surface area contributed by atoms with E-state index in [1.807, 2.05) is 0 Å². The maximum absolute atomic E-state index is 13.9. The van der Waals surface area contributed by atoms with Crippen molar-refractivity contribution in [2.45, 2.75) is 50.3 Å². The Morgan fingerprint density at radius 1 is 1.10 bits per heavy atom. The molecule has 1 aliphatic carbocycles. The molecule has 11 heteroatoms. The second kappa shape index (κ2) is 9.55. The van der Waals surface area contributed by atoms with Gasteiger partial charge in [0.1, 0.15) is 18.1 Å². The van der Waals surface area contributed by atoms with E-state index in [-0.39, 0.29) is 30.8 Å². The van der Waals surface area contributed by atoms with Crippen LogP contribution in [0, 0.1) is 11.7 Å². The van der Waals surface area contributed by atoms with Crippen LogP contribution in [0.4, 0.5) is 19.7 Å². The van der Waals surface area contributed by atoms with Gasteiger partial charge in [-0.3, -0.25) is 9.59 Å². The maximum atomic E-state index is 13.9. The van der Waals surface area contributed by atoms with Gasteiger partial charge in [0, 0.05) is 43.4 Å². The molecule has 10 nitrogen and oxygen atoms in total. The highest BCUT2D eigenvalue weighted by Crippen LogP contribution is 2.46. The van der Waals surface area contributed by atoms with Gasteiger partial charge in [-0.05, 0) is 67.0 Å². The Morgan fingerprint density at radius 2 is 1.92 bits per heavy atom. The van der Waals surface area contributed by atoms with E-state index in [2.05, 4.69) is 10.6 Å². The van der Waals surface area contributed by atoms with Crippen LogP contribution in [0.15, 0.2) is 36.4 Å². The minimum absolute atomic E-state index is 0.0364. The summed E-state index contributed by atoms with van der Waals surface area (Å²) in [6.45, 7) is -0.0260. The largest absolute Gasteiger partial charge is 0.493 e. The van der Waals surface area contributed by atoms with E-state index in [1.54, 1.807) is 29.2 Å². The lowest BCUT2D eigenvalue weighted by Gasteiger charge is -2.33. The number of fused-ring (bicyclic) bond motifs is 3. The second-order valence-corrected chi connectivity index (χ2v) is 10.5. The highest BCUT2D eigenvalue weighted by Gasteiger charge is 2.58. The predicted octanol–water partition coefficient (Wildman–Crippen LogP) is 3.29. The third-order valence-corrected chi connectivity index (χ3v) is 8.08. The Hall–Kier alpha value is -4.15. The molecule has 39 heavy (non-hydrogen) atoms. The van der Waals surface area contributed by atoms with E-state index in [9.17, 15) is 23.6 Å². The molecule has 2 N–H and O–H groups in total. The number of hydrogen-bond acceptors (Lipinski definition) is 6. The molecule has 1 saturated carbocycles. The number of carbonyl (C=O) groups excluding carboxylic acids is 4. The van der Waals surface area contributed by atoms with Crippen molar-refractivity contribution < 1.29 is 33.0 Å². The van der Waals surface area contributed by atoms with Crippen molar-refractivity contribution >= 4 is 29.6 Å². The fourth-order valence-corrected chi connectivity index (χ4v) is 5.91. The molecule has 3 aliphatic heterocycles. The van der Waals surface area contributed by atoms with Crippen LogP contribution in [0.25, 0.3) is 0 Å². The average molecular weight is 537 g/mol. The Labute approximate surface area is 224 Å². The van der Waals surface area contributed by atoms with Gasteiger partial charge < -0.3 is 25.0 Å². The number of nitrogens with one attached hydrogen (secondary N) is 2. The second-order valence-electron chi connectivity index (χ2n) is 10.5. The van der Waals surface area contributed by atoms with Gasteiger partial charge in [0.05, 0.1) is 6.61 Å². The van der Waals surface area contributed by atoms with Crippen molar-refractivity contribution in [3.05, 3.63) is 58.9 Å². The minimum atomic E-state index is -1.60. The van der Waals surface area contributed by atoms with Gasteiger partial charge in [0.15, 0.2) is 0 Å². The Bertz CT molecular complexity index is 1380. The SMILES string of the molecule is CNC(=O)Nc1ccc2c(c1)OCCC21OC(=O)N(CC(=O)N2Cc3ccc(F)cc3CC[C@H]2C2CC2)C1=O. The normalized spacial score (nSPS) is 23.9. The third-order valence-electron chi connectivity index (χ3n) is 8.08. The molecular weight excluding hydrogens is 507 g/mol. The first-order valence-corrected chi connectivity index (χ1v) is 13.2. The first kappa shape index (κ1) is 25.1. The standard InChI is InChI=1S/C28H29FN4O6/c1-30-26(36)31-20-7-8-21-23(13-20)38-11-10-28(21)25(35)33(27(37)39-28)15-24(34)32-14-18-4-6-19(29)12-17(18)5-9-22(32)16-2-3-16/h4,6-8,12-13,16,22H,2-3,5,9-11,14-15H2,1H3,(H2,30,31,36)/t22-,28?/m0/s1. The van der Waals surface area contributed by atoms with Crippen LogP contribution in [0.1, 0.15) is 42.4 Å². The number of carbonyl (C=O) groups is 4. The molecule has 204 valence electrons. The zero-order chi connectivity index (χ0) is 27.3. The lowest BCUT2D eigenvalue weighted by Crippen LogP contribution is -2.48. The van der Waals surface area contributed by atoms with Crippen LogP contribution in [0.3, 0.4) is 0 Å². The summed E-state index contributed by atoms with van der Waals surface area (Å²) >= 11 is 0. The summed E-state index contributed by atoms with van der Waals surface area (Å²) in [4.78, 5) is 54.8. The lowest BCUT2D eigenvalue weighted by molar-refractivity contribution is -0.144. The first-order valence-electron chi connectivity index (χ1n) is 13.2. The van der Waals surface area contributed by atoms with Crippen LogP contribution in [0.5, 0.6) is 5.75 Å². The number of benzene rings is 2. The smallest absolute Gasteiger partial charge is 0.418 e. The number of hydrogen-bond donors (Lipinski definition) is 2. The highest BCUT2D eigenvalue weighted by atomic mass is 19.1. The van der Waals surface area contributed by atoms with Crippen LogP contribution in [-0.4, -0.2) is 60.0 Å². The van der Waals surface area contributed by atoms with Crippen molar-refractivity contribution in [2.75, 3.05) is 25.5 Å². The highest BCUT2D eigenvalue weighted by molar-refractivity contribution is 6.06. The van der Waals surface area contributed by atoms with Crippen LogP contribution in [-0.2, 0) is 32.9 Å². The number of rotatable bonds is 4. The van der Waals surface area contributed by atoms with Crippen molar-refractivity contribution in [3.63, 3.8) is 0 Å². The van der Waals surface area contributed by atoms with E-state index in [0.29, 0.717) is 42.3 Å². The van der Waals surface area contributed by atoms with Gasteiger partial charge in [-0.15, -0.1) is 0 Å². The van der Waals surface area contributed by atoms with Crippen LogP contribution >= 0.6 is 0 Å². The monoisotopic (exact) mass is 536 g/mol. The first-order chi connectivity index (χ1) is 18.8. The summed E-state index contributed by atoms with van der Waals surface area (Å²) in [7, 11) is 1.49. The molecule has 0 bridgehead atoms. The molecule has 6 rings (SSSR count). The van der Waals surface area contributed by atoms with Gasteiger partial charge in [-0.25, -0.2) is 18.9 Å². The fraction of sp³-hybridized carbons (Fsp3) is 0.429. The number of aryl methyl sites for hydroxylation is 1. The molecule has 2 atom stereocenters. The molecule has 2 fully saturated rings. The number of amides is 5. The number of halogens is 1. The predicted molar refractivity (Wildman–Crippen MR) is 136 cm³/mol. The summed E-state index contributed by atoms with van der Waals surface area (Å²) in [5.74, 6) is -0.586. The van der Waals surface area contributed by atoms with Crippen LogP contribution in [0.2, 0.25) is 0 Å². The van der Waals surface area contributed by atoms with Gasteiger partial charge in [0.25, 0.3) is 5.91 Å². The molecule has 3 heterocycles. The fourth-order valence-electron chi connectivity index (χ4n) is 5.91. The van der Waals surface area contributed by atoms with E-state index in [4.69, 9.17) is 9.47 Å². The topological polar surface area (TPSA) is 117 Å². The number of nitrogens with zero attached hydrogens (tertiary/aromatic N) is 2. The van der Waals surface area contributed by atoms with Gasteiger partial charge in [-0.1, -0.05) is 6.07 Å². The average Bonchev–Trinajstić information content (AvgIpc) is 3.75. The van der Waals surface area contributed by atoms with E-state index < -0.39 is 30.2 Å². The van der Waals surface area contributed by atoms with Crippen molar-refractivity contribution in [3.8, 4) is 5.75 Å².